The minimum atomic E-state index is -0.404. The second-order valence-corrected chi connectivity index (χ2v) is 19.7. The molecule has 0 aliphatic heterocycles. The van der Waals surface area contributed by atoms with E-state index in [4.69, 9.17) is 33.5 Å². The summed E-state index contributed by atoms with van der Waals surface area (Å²) < 4.78 is 38.3. The van der Waals surface area contributed by atoms with Gasteiger partial charge in [0.05, 0.1) is 44.8 Å². The first kappa shape index (κ1) is 61.0. The van der Waals surface area contributed by atoms with Gasteiger partial charge in [-0.2, -0.15) is 0 Å². The Bertz CT molecular complexity index is 3800. The van der Waals surface area contributed by atoms with E-state index in [-0.39, 0.29) is 37.1 Å². The number of aromatic hydroxyl groups is 1. The van der Waals surface area contributed by atoms with Crippen LogP contribution in [0.5, 0.6) is 46.0 Å². The molecule has 2 heterocycles. The van der Waals surface area contributed by atoms with Gasteiger partial charge in [-0.25, -0.2) is 9.59 Å². The van der Waals surface area contributed by atoms with E-state index in [0.717, 1.165) is 86.9 Å². The van der Waals surface area contributed by atoms with Gasteiger partial charge >= 0.3 is 23.9 Å². The summed E-state index contributed by atoms with van der Waals surface area (Å²) in [6.07, 6.45) is 5.43. The van der Waals surface area contributed by atoms with Gasteiger partial charge in [-0.15, -0.1) is 0 Å². The number of nitrogens with one attached hydrogen (secondary N) is 2. The van der Waals surface area contributed by atoms with Crippen LogP contribution in [0.3, 0.4) is 0 Å². The van der Waals surface area contributed by atoms with E-state index in [2.05, 4.69) is 34.6 Å². The Morgan fingerprint density at radius 1 is 0.447 bits per heavy atom. The summed E-state index contributed by atoms with van der Waals surface area (Å²) in [6.45, 7) is 4.83. The fourth-order valence-corrected chi connectivity index (χ4v) is 9.07. The Morgan fingerprint density at radius 3 is 1.35 bits per heavy atom. The Hall–Kier alpha value is -10.1. The molecule has 10 rings (SSSR count). The van der Waals surface area contributed by atoms with Crippen molar-refractivity contribution in [1.82, 2.24) is 9.97 Å². The molecule has 0 fully saturated rings. The van der Waals surface area contributed by atoms with Gasteiger partial charge in [0.1, 0.15) is 46.0 Å². The second kappa shape index (κ2) is 30.8. The molecule has 0 bridgehead atoms. The maximum absolute atomic E-state index is 12.3. The number of ether oxygens (including phenoxy) is 7. The molecule has 85 heavy (non-hydrogen) atoms. The summed E-state index contributed by atoms with van der Waals surface area (Å²) in [4.78, 5) is 53.7. The number of aryl methyl sites for hydroxylation is 2. The second-order valence-electron chi connectivity index (χ2n) is 19.7. The van der Waals surface area contributed by atoms with E-state index in [0.29, 0.717) is 65.1 Å². The third-order valence-corrected chi connectivity index (χ3v) is 13.3. The molecule has 0 aliphatic carbocycles. The molecule has 0 radical (unpaired) electrons. The SMILES string of the molecule is CCCc1cc(Oc2ccc(OC(=O)c3ccccc3)cc2)ccc1O.CCCc1cc(Oc2ccc(OC(=O)c3ccccc3)cc2)ccc1OCCc1cc2cc(CC(=O)OC)ccc2[nH]1.COC(=O)Cc1ccc2[nH]c(CCO)cc2c1. The molecule has 10 aromatic rings. The quantitative estimate of drug-likeness (QED) is 0.0369. The first-order chi connectivity index (χ1) is 41.4. The standard InChI is InChI=1S/C35H33NO6.C22H20O4.C13H15NO3/c1-3-7-26-23-31(41-29-11-13-30(14-12-29)42-35(38)25-8-5-4-6-9-25)15-17-33(26)40-19-18-28-22-27-20-24(21-34(37)39-2)10-16-32(27)36-28;1-2-6-17-15-20(13-14-21(17)23)25-18-9-11-19(12-10-18)26-22(24)16-7-4-3-5-8-16;1-17-13(16)7-9-2-3-12-10(6-9)8-11(14-12)4-5-15/h4-6,8-17,20,22-23,36H,3,7,18-19,21H2,1-2H3;3-5,7-15,23H,2,6H2,1H3;2-3,6,8,14-15H,4-5,7H2,1H3. The summed E-state index contributed by atoms with van der Waals surface area (Å²) in [5, 5.41) is 20.8. The zero-order valence-electron chi connectivity index (χ0n) is 47.9. The Balaban J connectivity index is 0.000000185. The zero-order valence-corrected chi connectivity index (χ0v) is 47.9. The maximum Gasteiger partial charge on any atom is 0.343 e. The zero-order chi connectivity index (χ0) is 59.9. The number of esters is 4. The molecule has 0 amide bonds. The van der Waals surface area contributed by atoms with Crippen LogP contribution in [0.2, 0.25) is 0 Å². The summed E-state index contributed by atoms with van der Waals surface area (Å²) in [6, 6.07) is 58.4. The van der Waals surface area contributed by atoms with Crippen LogP contribution in [0.15, 0.2) is 194 Å². The first-order valence-corrected chi connectivity index (χ1v) is 28.0. The maximum atomic E-state index is 12.3. The average molecular weight is 1150 g/mol. The number of hydrogen-bond acceptors (Lipinski definition) is 13. The molecular weight excluding hydrogens is 1080 g/mol. The van der Waals surface area contributed by atoms with Crippen molar-refractivity contribution >= 4 is 45.7 Å². The highest BCUT2D eigenvalue weighted by Gasteiger charge is 2.14. The van der Waals surface area contributed by atoms with Crippen LogP contribution in [-0.2, 0) is 57.6 Å². The van der Waals surface area contributed by atoms with Gasteiger partial charge in [-0.3, -0.25) is 9.59 Å². The van der Waals surface area contributed by atoms with Gasteiger partial charge in [0, 0.05) is 41.9 Å². The molecule has 0 saturated heterocycles. The number of phenols is 1. The summed E-state index contributed by atoms with van der Waals surface area (Å²) >= 11 is 0. The van der Waals surface area contributed by atoms with Crippen molar-refractivity contribution < 1.29 is 62.5 Å². The summed E-state index contributed by atoms with van der Waals surface area (Å²) in [5.41, 5.74) is 8.88. The first-order valence-electron chi connectivity index (χ1n) is 28.0. The van der Waals surface area contributed by atoms with Crippen molar-refractivity contribution in [2.75, 3.05) is 27.4 Å². The van der Waals surface area contributed by atoms with Gasteiger partial charge in [0.2, 0.25) is 0 Å². The molecule has 0 unspecified atom stereocenters. The van der Waals surface area contributed by atoms with Crippen LogP contribution in [0.4, 0.5) is 0 Å². The highest BCUT2D eigenvalue weighted by molar-refractivity contribution is 5.91. The normalized spacial score (nSPS) is 10.6. The number of aliphatic hydroxyl groups is 1. The van der Waals surface area contributed by atoms with E-state index in [1.54, 1.807) is 109 Å². The molecule has 436 valence electrons. The molecule has 0 saturated carbocycles. The molecule has 0 atom stereocenters. The van der Waals surface area contributed by atoms with Crippen molar-refractivity contribution in [2.45, 2.75) is 65.2 Å². The summed E-state index contributed by atoms with van der Waals surface area (Å²) in [5.74, 6) is 3.33. The van der Waals surface area contributed by atoms with E-state index in [1.165, 1.54) is 14.2 Å². The number of methoxy groups -OCH3 is 2. The predicted molar refractivity (Wildman–Crippen MR) is 326 cm³/mol. The number of aliphatic hydroxyl groups excluding tert-OH is 1. The lowest BCUT2D eigenvalue weighted by Gasteiger charge is -2.14. The molecule has 4 N–H and O–H groups in total. The monoisotopic (exact) mass is 1140 g/mol. The number of hydrogen-bond donors (Lipinski definition) is 4. The number of phenolic OH excluding ortho intramolecular Hbond substituents is 1. The number of fused-ring (bicyclic) bond motifs is 2. The molecule has 15 nitrogen and oxygen atoms in total. The van der Waals surface area contributed by atoms with E-state index in [9.17, 15) is 24.3 Å². The average Bonchev–Trinajstić information content (AvgIpc) is 4.38. The highest BCUT2D eigenvalue weighted by Crippen LogP contribution is 2.32. The van der Waals surface area contributed by atoms with Crippen molar-refractivity contribution in [1.29, 1.82) is 0 Å². The van der Waals surface area contributed by atoms with Crippen molar-refractivity contribution in [3.8, 4) is 46.0 Å². The van der Waals surface area contributed by atoms with Crippen molar-refractivity contribution in [3.63, 3.8) is 0 Å². The lowest BCUT2D eigenvalue weighted by Crippen LogP contribution is -2.07. The molecule has 0 spiro atoms. The van der Waals surface area contributed by atoms with Gasteiger partial charge in [0.25, 0.3) is 0 Å². The number of rotatable bonds is 22. The Labute approximate surface area is 493 Å². The molecular formula is C70H68N2O13. The number of benzene rings is 8. The lowest BCUT2D eigenvalue weighted by atomic mass is 10.1. The smallest absolute Gasteiger partial charge is 0.343 e. The number of carbonyl (C=O) groups is 4. The van der Waals surface area contributed by atoms with Crippen LogP contribution >= 0.6 is 0 Å². The predicted octanol–water partition coefficient (Wildman–Crippen LogP) is 14.2. The number of carbonyl (C=O) groups excluding carboxylic acids is 4. The van der Waals surface area contributed by atoms with Gasteiger partial charge < -0.3 is 53.3 Å². The van der Waals surface area contributed by atoms with E-state index in [1.807, 2.05) is 78.9 Å². The summed E-state index contributed by atoms with van der Waals surface area (Å²) in [7, 11) is 2.78. The van der Waals surface area contributed by atoms with Crippen LogP contribution in [-0.4, -0.2) is 71.5 Å². The molecule has 15 heteroatoms. The van der Waals surface area contributed by atoms with Crippen LogP contribution in [0, 0.1) is 0 Å². The van der Waals surface area contributed by atoms with Crippen LogP contribution in [0.1, 0.15) is 81.0 Å². The molecule has 2 aromatic heterocycles. The van der Waals surface area contributed by atoms with E-state index >= 15 is 0 Å². The minimum Gasteiger partial charge on any atom is -0.508 e. The van der Waals surface area contributed by atoms with Gasteiger partial charge in [0.15, 0.2) is 0 Å². The van der Waals surface area contributed by atoms with Crippen LogP contribution in [0.25, 0.3) is 21.8 Å². The topological polar surface area (TPSA) is 205 Å². The van der Waals surface area contributed by atoms with Crippen molar-refractivity contribution in [2.24, 2.45) is 0 Å². The van der Waals surface area contributed by atoms with Gasteiger partial charge in [-0.1, -0.05) is 75.2 Å². The number of aromatic nitrogens is 2. The fourth-order valence-electron chi connectivity index (χ4n) is 9.07. The largest absolute Gasteiger partial charge is 0.508 e. The van der Waals surface area contributed by atoms with Crippen LogP contribution < -0.4 is 23.7 Å². The number of H-pyrrole nitrogens is 2. The molecule has 0 aliphatic rings. The Kier molecular flexibility index (Phi) is 22.1. The lowest BCUT2D eigenvalue weighted by molar-refractivity contribution is -0.140. The van der Waals surface area contributed by atoms with E-state index < -0.39 is 11.9 Å². The van der Waals surface area contributed by atoms with Gasteiger partial charge in [-0.05, 0) is 191 Å². The number of aromatic amines is 2. The van der Waals surface area contributed by atoms with Crippen molar-refractivity contribution in [3.05, 3.63) is 239 Å². The highest BCUT2D eigenvalue weighted by atomic mass is 16.5. The fraction of sp³-hybridized carbons (Fsp3) is 0.200. The molecule has 8 aromatic carbocycles. The Morgan fingerprint density at radius 2 is 0.882 bits per heavy atom. The third kappa shape index (κ3) is 18.2. The third-order valence-electron chi connectivity index (χ3n) is 13.3. The minimum absolute atomic E-state index is 0.127.